The Kier molecular flexibility index (Phi) is 3.91. The fraction of sp³-hybridized carbons (Fsp3) is 0.0714. The Balaban J connectivity index is 2.44. The molecule has 0 unspecified atom stereocenters. The Hall–Kier alpha value is -2.46. The highest BCUT2D eigenvalue weighted by atomic mass is 32.2. The van der Waals surface area contributed by atoms with E-state index >= 15 is 0 Å². The van der Waals surface area contributed by atoms with Crippen LogP contribution in [0.15, 0.2) is 41.3 Å². The van der Waals surface area contributed by atoms with Gasteiger partial charge in [0, 0.05) is 0 Å². The van der Waals surface area contributed by atoms with Gasteiger partial charge < -0.3 is 0 Å². The maximum absolute atomic E-state index is 13.2. The van der Waals surface area contributed by atoms with E-state index in [9.17, 15) is 17.2 Å². The Morgan fingerprint density at radius 3 is 2.52 bits per heavy atom. The highest BCUT2D eigenvalue weighted by Gasteiger charge is 2.17. The van der Waals surface area contributed by atoms with Crippen molar-refractivity contribution in [3.8, 4) is 6.07 Å². The predicted molar refractivity (Wildman–Crippen MR) is 73.1 cm³/mol. The minimum Gasteiger partial charge on any atom is -0.279 e. The average Bonchev–Trinajstić information content (AvgIpc) is 2.43. The fourth-order valence-electron chi connectivity index (χ4n) is 1.67. The van der Waals surface area contributed by atoms with Crippen LogP contribution < -0.4 is 4.72 Å². The van der Waals surface area contributed by atoms with Gasteiger partial charge in [-0.3, -0.25) is 4.72 Å². The molecule has 1 N–H and O–H groups in total. The Morgan fingerprint density at radius 1 is 1.14 bits per heavy atom. The summed E-state index contributed by atoms with van der Waals surface area (Å²) in [5, 5.41) is 8.72. The monoisotopic (exact) mass is 308 g/mol. The molecule has 0 saturated heterocycles. The first kappa shape index (κ1) is 14.9. The van der Waals surface area contributed by atoms with Gasteiger partial charge in [-0.05, 0) is 42.8 Å². The van der Waals surface area contributed by atoms with Gasteiger partial charge in [-0.1, -0.05) is 6.07 Å². The number of halogens is 2. The zero-order valence-corrected chi connectivity index (χ0v) is 11.7. The lowest BCUT2D eigenvalue weighted by Gasteiger charge is -2.11. The van der Waals surface area contributed by atoms with Crippen LogP contribution in [0.4, 0.5) is 14.5 Å². The highest BCUT2D eigenvalue weighted by Crippen LogP contribution is 2.22. The van der Waals surface area contributed by atoms with E-state index in [0.717, 1.165) is 24.3 Å². The Morgan fingerprint density at radius 2 is 1.86 bits per heavy atom. The molecule has 0 spiro atoms. The van der Waals surface area contributed by atoms with Crippen molar-refractivity contribution in [1.29, 1.82) is 5.26 Å². The summed E-state index contributed by atoms with van der Waals surface area (Å²) < 4.78 is 53.0. The smallest absolute Gasteiger partial charge is 0.261 e. The molecule has 7 heteroatoms. The summed E-state index contributed by atoms with van der Waals surface area (Å²) in [6.45, 7) is 1.61. The lowest BCUT2D eigenvalue weighted by molar-refractivity contribution is 0.599. The van der Waals surface area contributed by atoms with Crippen LogP contribution >= 0.6 is 0 Å². The summed E-state index contributed by atoms with van der Waals surface area (Å²) >= 11 is 0. The molecule has 0 aliphatic carbocycles. The standard InChI is InChI=1S/C14H10F2N2O2S/c1-9-2-3-11(15)7-14(9)18-21(19,20)12-4-5-13(16)10(6-12)8-17/h2-7,18H,1H3. The topological polar surface area (TPSA) is 70.0 Å². The normalized spacial score (nSPS) is 11.0. The second kappa shape index (κ2) is 5.50. The van der Waals surface area contributed by atoms with Crippen LogP contribution in [0.3, 0.4) is 0 Å². The first-order valence-electron chi connectivity index (χ1n) is 5.82. The number of hydrogen-bond acceptors (Lipinski definition) is 3. The zero-order valence-electron chi connectivity index (χ0n) is 10.9. The van der Waals surface area contributed by atoms with Gasteiger partial charge in [0.2, 0.25) is 0 Å². The van der Waals surface area contributed by atoms with Crippen LogP contribution in [0, 0.1) is 29.9 Å². The van der Waals surface area contributed by atoms with Crippen LogP contribution in [0.25, 0.3) is 0 Å². The molecule has 2 aromatic rings. The summed E-state index contributed by atoms with van der Waals surface area (Å²) in [4.78, 5) is -0.274. The number of rotatable bonds is 3. The van der Waals surface area contributed by atoms with E-state index in [1.165, 1.54) is 12.1 Å². The van der Waals surface area contributed by atoms with Gasteiger partial charge in [-0.15, -0.1) is 0 Å². The molecule has 2 aromatic carbocycles. The lowest BCUT2D eigenvalue weighted by atomic mass is 10.2. The largest absolute Gasteiger partial charge is 0.279 e. The minimum absolute atomic E-state index is 0.0813. The highest BCUT2D eigenvalue weighted by molar-refractivity contribution is 7.92. The van der Waals surface area contributed by atoms with Crippen LogP contribution in [0.2, 0.25) is 0 Å². The van der Waals surface area contributed by atoms with Gasteiger partial charge in [-0.2, -0.15) is 5.26 Å². The molecular weight excluding hydrogens is 298 g/mol. The molecule has 2 rings (SSSR count). The number of sulfonamides is 1. The molecule has 0 amide bonds. The molecule has 4 nitrogen and oxygen atoms in total. The molecule has 108 valence electrons. The number of nitriles is 1. The molecule has 0 fully saturated rings. The summed E-state index contributed by atoms with van der Waals surface area (Å²) in [7, 11) is -4.04. The second-order valence-corrected chi connectivity index (χ2v) is 6.00. The van der Waals surface area contributed by atoms with Gasteiger partial charge in [0.25, 0.3) is 10.0 Å². The van der Waals surface area contributed by atoms with E-state index in [1.54, 1.807) is 13.0 Å². The Labute approximate surface area is 120 Å². The van der Waals surface area contributed by atoms with Crippen molar-refractivity contribution >= 4 is 15.7 Å². The van der Waals surface area contributed by atoms with Crippen molar-refractivity contribution in [3.63, 3.8) is 0 Å². The number of nitrogens with zero attached hydrogens (tertiary/aromatic N) is 1. The second-order valence-electron chi connectivity index (χ2n) is 4.32. The molecule has 0 aliphatic rings. The third kappa shape index (κ3) is 3.17. The summed E-state index contributed by atoms with van der Waals surface area (Å²) in [5.74, 6) is -1.39. The summed E-state index contributed by atoms with van der Waals surface area (Å²) in [6.07, 6.45) is 0. The first-order valence-corrected chi connectivity index (χ1v) is 7.30. The minimum atomic E-state index is -4.04. The third-order valence-electron chi connectivity index (χ3n) is 2.81. The predicted octanol–water partition coefficient (Wildman–Crippen LogP) is 2.95. The quantitative estimate of drug-likeness (QED) is 0.947. The van der Waals surface area contributed by atoms with Gasteiger partial charge in [0.1, 0.15) is 17.7 Å². The third-order valence-corrected chi connectivity index (χ3v) is 4.18. The Bertz CT molecular complexity index is 843. The fourth-order valence-corrected chi connectivity index (χ4v) is 2.81. The van der Waals surface area contributed by atoms with E-state index in [1.807, 2.05) is 0 Å². The van der Waals surface area contributed by atoms with E-state index in [4.69, 9.17) is 5.26 Å². The van der Waals surface area contributed by atoms with Crippen molar-refractivity contribution < 1.29 is 17.2 Å². The van der Waals surface area contributed by atoms with Crippen molar-refractivity contribution in [2.75, 3.05) is 4.72 Å². The van der Waals surface area contributed by atoms with Crippen molar-refractivity contribution in [1.82, 2.24) is 0 Å². The molecule has 21 heavy (non-hydrogen) atoms. The molecule has 0 aromatic heterocycles. The number of nitrogens with one attached hydrogen (secondary N) is 1. The average molecular weight is 308 g/mol. The SMILES string of the molecule is Cc1ccc(F)cc1NS(=O)(=O)c1ccc(F)c(C#N)c1. The molecule has 0 aliphatic heterocycles. The lowest BCUT2D eigenvalue weighted by Crippen LogP contribution is -2.14. The van der Waals surface area contributed by atoms with E-state index in [2.05, 4.69) is 4.72 Å². The van der Waals surface area contributed by atoms with Crippen LogP contribution in [-0.2, 0) is 10.0 Å². The van der Waals surface area contributed by atoms with Gasteiger partial charge in [0.15, 0.2) is 0 Å². The van der Waals surface area contributed by atoms with Gasteiger partial charge in [0.05, 0.1) is 16.1 Å². The molecule has 0 heterocycles. The van der Waals surface area contributed by atoms with Crippen molar-refractivity contribution in [2.24, 2.45) is 0 Å². The van der Waals surface area contributed by atoms with Crippen LogP contribution in [-0.4, -0.2) is 8.42 Å². The van der Waals surface area contributed by atoms with Crippen molar-refractivity contribution in [2.45, 2.75) is 11.8 Å². The molecule has 0 bridgehead atoms. The number of anilines is 1. The number of hydrogen-bond donors (Lipinski definition) is 1. The van der Waals surface area contributed by atoms with E-state index in [0.29, 0.717) is 5.56 Å². The van der Waals surface area contributed by atoms with E-state index < -0.39 is 21.7 Å². The maximum atomic E-state index is 13.2. The number of aryl methyl sites for hydroxylation is 1. The molecular formula is C14H10F2N2O2S. The molecule has 0 saturated carbocycles. The van der Waals surface area contributed by atoms with Crippen molar-refractivity contribution in [3.05, 3.63) is 59.2 Å². The van der Waals surface area contributed by atoms with Gasteiger partial charge in [-0.25, -0.2) is 17.2 Å². The zero-order chi connectivity index (χ0) is 15.6. The summed E-state index contributed by atoms with van der Waals surface area (Å²) in [6, 6.07) is 8.10. The molecule has 0 atom stereocenters. The van der Waals surface area contributed by atoms with Gasteiger partial charge >= 0.3 is 0 Å². The van der Waals surface area contributed by atoms with Crippen LogP contribution in [0.5, 0.6) is 0 Å². The first-order chi connectivity index (χ1) is 9.83. The van der Waals surface area contributed by atoms with E-state index in [-0.39, 0.29) is 16.1 Å². The number of benzene rings is 2. The molecule has 0 radical (unpaired) electrons. The summed E-state index contributed by atoms with van der Waals surface area (Å²) in [5.41, 5.74) is 0.231. The maximum Gasteiger partial charge on any atom is 0.261 e. The van der Waals surface area contributed by atoms with Crippen LogP contribution in [0.1, 0.15) is 11.1 Å².